The van der Waals surface area contributed by atoms with Crippen molar-refractivity contribution in [1.82, 2.24) is 0 Å². The molecular weight excluding hydrogens is 307 g/mol. The Kier molecular flexibility index (Phi) is 3.81. The molecule has 1 N–H and O–H groups in total. The van der Waals surface area contributed by atoms with Crippen LogP contribution >= 0.6 is 27.3 Å². The van der Waals surface area contributed by atoms with Crippen molar-refractivity contribution in [3.8, 4) is 5.75 Å². The second-order valence-corrected chi connectivity index (χ2v) is 5.22. The van der Waals surface area contributed by atoms with E-state index in [1.807, 2.05) is 11.4 Å². The van der Waals surface area contributed by atoms with Crippen LogP contribution in [-0.4, -0.2) is 12.2 Å². The second-order valence-electron chi connectivity index (χ2n) is 3.42. The van der Waals surface area contributed by atoms with Gasteiger partial charge >= 0.3 is 0 Å². The third-order valence-electron chi connectivity index (χ3n) is 2.40. The molecule has 0 aliphatic carbocycles. The molecule has 0 fully saturated rings. The highest BCUT2D eigenvalue weighted by atomic mass is 79.9. The van der Waals surface area contributed by atoms with E-state index in [2.05, 4.69) is 15.9 Å². The summed E-state index contributed by atoms with van der Waals surface area (Å²) in [7, 11) is 1.47. The Morgan fingerprint density at radius 3 is 2.71 bits per heavy atom. The van der Waals surface area contributed by atoms with E-state index in [0.29, 0.717) is 10.6 Å². The fraction of sp³-hybridized carbons (Fsp3) is 0.167. The summed E-state index contributed by atoms with van der Waals surface area (Å²) in [6.07, 6.45) is -0.963. The van der Waals surface area contributed by atoms with Crippen LogP contribution in [-0.2, 0) is 0 Å². The Labute approximate surface area is 111 Å². The van der Waals surface area contributed by atoms with Crippen LogP contribution in [0.1, 0.15) is 16.5 Å². The highest BCUT2D eigenvalue weighted by Crippen LogP contribution is 2.34. The van der Waals surface area contributed by atoms with Gasteiger partial charge in [0.15, 0.2) is 0 Å². The minimum absolute atomic E-state index is 0.244. The molecule has 1 aromatic heterocycles. The molecule has 90 valence electrons. The first-order chi connectivity index (χ1) is 8.13. The lowest BCUT2D eigenvalue weighted by atomic mass is 10.1. The lowest BCUT2D eigenvalue weighted by molar-refractivity contribution is 0.218. The molecule has 0 saturated carbocycles. The SMILES string of the molecule is COc1ccc(C(O)c2sccc2Br)c(F)c1. The molecule has 2 rings (SSSR count). The Bertz CT molecular complexity index is 527. The molecule has 5 heteroatoms. The molecule has 1 unspecified atom stereocenters. The number of aliphatic hydroxyl groups is 1. The largest absolute Gasteiger partial charge is 0.497 e. The Morgan fingerprint density at radius 1 is 1.41 bits per heavy atom. The summed E-state index contributed by atoms with van der Waals surface area (Å²) in [4.78, 5) is 0.689. The lowest BCUT2D eigenvalue weighted by Crippen LogP contribution is -2.01. The van der Waals surface area contributed by atoms with Crippen LogP contribution in [0.3, 0.4) is 0 Å². The van der Waals surface area contributed by atoms with Gasteiger partial charge in [-0.15, -0.1) is 11.3 Å². The van der Waals surface area contributed by atoms with Gasteiger partial charge in [0, 0.05) is 16.1 Å². The predicted octanol–water partition coefficient (Wildman–Crippen LogP) is 3.74. The zero-order chi connectivity index (χ0) is 12.4. The van der Waals surface area contributed by atoms with Crippen molar-refractivity contribution in [2.75, 3.05) is 7.11 Å². The Morgan fingerprint density at radius 2 is 2.18 bits per heavy atom. The molecule has 17 heavy (non-hydrogen) atoms. The second kappa shape index (κ2) is 5.16. The molecule has 0 spiro atoms. The Hall–Kier alpha value is -0.910. The lowest BCUT2D eigenvalue weighted by Gasteiger charge is -2.12. The van der Waals surface area contributed by atoms with E-state index >= 15 is 0 Å². The number of ether oxygens (including phenoxy) is 1. The van der Waals surface area contributed by atoms with Gasteiger partial charge in [-0.25, -0.2) is 4.39 Å². The first-order valence-corrected chi connectivity index (χ1v) is 6.55. The number of aliphatic hydroxyl groups excluding tert-OH is 1. The Balaban J connectivity index is 2.38. The van der Waals surface area contributed by atoms with E-state index in [-0.39, 0.29) is 5.56 Å². The monoisotopic (exact) mass is 316 g/mol. The topological polar surface area (TPSA) is 29.5 Å². The predicted molar refractivity (Wildman–Crippen MR) is 69.0 cm³/mol. The summed E-state index contributed by atoms with van der Waals surface area (Å²) in [5, 5.41) is 11.9. The summed E-state index contributed by atoms with van der Waals surface area (Å²) < 4.78 is 19.5. The summed E-state index contributed by atoms with van der Waals surface area (Å²) >= 11 is 4.70. The first-order valence-electron chi connectivity index (χ1n) is 4.88. The molecule has 1 atom stereocenters. The number of methoxy groups -OCH3 is 1. The maximum atomic E-state index is 13.8. The highest BCUT2D eigenvalue weighted by Gasteiger charge is 2.19. The minimum Gasteiger partial charge on any atom is -0.497 e. The van der Waals surface area contributed by atoms with Gasteiger partial charge in [0.05, 0.1) is 12.0 Å². The van der Waals surface area contributed by atoms with Crippen molar-refractivity contribution in [3.63, 3.8) is 0 Å². The van der Waals surface area contributed by atoms with Gasteiger partial charge in [0.25, 0.3) is 0 Å². The van der Waals surface area contributed by atoms with Crippen molar-refractivity contribution in [2.24, 2.45) is 0 Å². The van der Waals surface area contributed by atoms with E-state index < -0.39 is 11.9 Å². The fourth-order valence-electron chi connectivity index (χ4n) is 1.50. The standard InChI is InChI=1S/C12H10BrFO2S/c1-16-7-2-3-8(10(14)6-7)11(15)12-9(13)4-5-17-12/h2-6,11,15H,1H3. The van der Waals surface area contributed by atoms with Crippen LogP contribution in [0.25, 0.3) is 0 Å². The van der Waals surface area contributed by atoms with Gasteiger partial charge in [0.2, 0.25) is 0 Å². The number of benzene rings is 1. The molecular formula is C12H10BrFO2S. The van der Waals surface area contributed by atoms with Crippen LogP contribution in [0.5, 0.6) is 5.75 Å². The average molecular weight is 317 g/mol. The van der Waals surface area contributed by atoms with E-state index in [4.69, 9.17) is 4.74 Å². The van der Waals surface area contributed by atoms with Crippen molar-refractivity contribution >= 4 is 27.3 Å². The molecule has 0 aliphatic rings. The summed E-state index contributed by atoms with van der Waals surface area (Å²) in [5.74, 6) is -0.0409. The third kappa shape index (κ3) is 2.51. The fourth-order valence-corrected chi connectivity index (χ4v) is 3.09. The van der Waals surface area contributed by atoms with Gasteiger partial charge in [-0.2, -0.15) is 0 Å². The molecule has 1 aromatic carbocycles. The van der Waals surface area contributed by atoms with Crippen molar-refractivity contribution in [3.05, 3.63) is 50.4 Å². The molecule has 2 nitrogen and oxygen atoms in total. The number of rotatable bonds is 3. The van der Waals surface area contributed by atoms with Gasteiger partial charge < -0.3 is 9.84 Å². The van der Waals surface area contributed by atoms with Crippen LogP contribution < -0.4 is 4.74 Å². The van der Waals surface area contributed by atoms with Crippen LogP contribution in [0, 0.1) is 5.82 Å². The number of halogens is 2. The normalized spacial score (nSPS) is 12.5. The average Bonchev–Trinajstić information content (AvgIpc) is 2.74. The quantitative estimate of drug-likeness (QED) is 0.934. The molecule has 2 aromatic rings. The molecule has 1 heterocycles. The van der Waals surface area contributed by atoms with E-state index in [1.165, 1.54) is 30.6 Å². The molecule has 0 aliphatic heterocycles. The summed E-state index contributed by atoms with van der Waals surface area (Å²) in [6, 6.07) is 6.25. The van der Waals surface area contributed by atoms with Crippen LogP contribution in [0.2, 0.25) is 0 Å². The summed E-state index contributed by atoms with van der Waals surface area (Å²) in [6.45, 7) is 0. The first kappa shape index (κ1) is 12.5. The van der Waals surface area contributed by atoms with Crippen LogP contribution in [0.15, 0.2) is 34.1 Å². The molecule has 0 bridgehead atoms. The van der Waals surface area contributed by atoms with Crippen molar-refractivity contribution in [2.45, 2.75) is 6.10 Å². The van der Waals surface area contributed by atoms with E-state index in [1.54, 1.807) is 6.07 Å². The highest BCUT2D eigenvalue weighted by molar-refractivity contribution is 9.10. The maximum absolute atomic E-state index is 13.8. The van der Waals surface area contributed by atoms with E-state index in [0.717, 1.165) is 4.47 Å². The van der Waals surface area contributed by atoms with Gasteiger partial charge in [-0.3, -0.25) is 0 Å². The van der Waals surface area contributed by atoms with Crippen molar-refractivity contribution < 1.29 is 14.2 Å². The van der Waals surface area contributed by atoms with Crippen molar-refractivity contribution in [1.29, 1.82) is 0 Å². The number of hydrogen-bond donors (Lipinski definition) is 1. The minimum atomic E-state index is -0.963. The van der Waals surface area contributed by atoms with E-state index in [9.17, 15) is 9.50 Å². The van der Waals surface area contributed by atoms with Gasteiger partial charge in [-0.1, -0.05) is 0 Å². The van der Waals surface area contributed by atoms with Gasteiger partial charge in [0.1, 0.15) is 17.7 Å². The number of hydrogen-bond acceptors (Lipinski definition) is 3. The van der Waals surface area contributed by atoms with Gasteiger partial charge in [-0.05, 0) is 39.5 Å². The number of thiophene rings is 1. The molecule has 0 amide bonds. The third-order valence-corrected chi connectivity index (χ3v) is 4.32. The van der Waals surface area contributed by atoms with Crippen LogP contribution in [0.4, 0.5) is 4.39 Å². The smallest absolute Gasteiger partial charge is 0.133 e. The maximum Gasteiger partial charge on any atom is 0.133 e. The summed E-state index contributed by atoms with van der Waals surface area (Å²) in [5.41, 5.74) is 0.244. The molecule has 0 saturated heterocycles. The molecule has 0 radical (unpaired) electrons. The zero-order valence-corrected chi connectivity index (χ0v) is 11.4. The zero-order valence-electron chi connectivity index (χ0n) is 8.98.